The van der Waals surface area contributed by atoms with Gasteiger partial charge in [0.05, 0.1) is 5.56 Å². The van der Waals surface area contributed by atoms with E-state index in [1.54, 1.807) is 0 Å². The fourth-order valence-electron chi connectivity index (χ4n) is 2.46. The number of hydrogen-bond acceptors (Lipinski definition) is 4. The van der Waals surface area contributed by atoms with E-state index in [2.05, 4.69) is 16.0 Å². The summed E-state index contributed by atoms with van der Waals surface area (Å²) in [5.41, 5.74) is 2.32. The summed E-state index contributed by atoms with van der Waals surface area (Å²) in [6.45, 7) is 0.354. The van der Waals surface area contributed by atoms with E-state index in [0.717, 1.165) is 24.0 Å². The van der Waals surface area contributed by atoms with Crippen LogP contribution < -0.4 is 4.74 Å². The molecule has 1 aliphatic rings. The minimum Gasteiger partial charge on any atom is -0.472 e. The number of allylic oxidation sites excluding steroid dienone is 3. The summed E-state index contributed by atoms with van der Waals surface area (Å²) >= 11 is 6.19. The molecule has 118 valence electrons. The van der Waals surface area contributed by atoms with Crippen molar-refractivity contribution in [2.75, 3.05) is 0 Å². The van der Waals surface area contributed by atoms with Gasteiger partial charge in [0.15, 0.2) is 0 Å². The average molecular weight is 329 g/mol. The van der Waals surface area contributed by atoms with Crippen molar-refractivity contribution in [3.63, 3.8) is 0 Å². The number of benzene rings is 1. The summed E-state index contributed by atoms with van der Waals surface area (Å²) in [5, 5.41) is 10.9. The predicted molar refractivity (Wildman–Crippen MR) is 89.2 cm³/mol. The lowest BCUT2D eigenvalue weighted by Crippen LogP contribution is -2.09. The Hall–Kier alpha value is -2.17. The molecule has 5 heteroatoms. The highest BCUT2D eigenvalue weighted by Crippen LogP contribution is 2.35. The van der Waals surface area contributed by atoms with Crippen molar-refractivity contribution in [2.24, 2.45) is 0 Å². The molecule has 4 nitrogen and oxygen atoms in total. The summed E-state index contributed by atoms with van der Waals surface area (Å²) in [5.74, 6) is 0.316. The first-order valence-corrected chi connectivity index (χ1v) is 7.84. The van der Waals surface area contributed by atoms with Gasteiger partial charge in [0.1, 0.15) is 24.2 Å². The monoisotopic (exact) mass is 328 g/mol. The minimum absolute atomic E-state index is 0.214. The van der Waals surface area contributed by atoms with E-state index in [4.69, 9.17) is 16.3 Å². The van der Waals surface area contributed by atoms with Gasteiger partial charge in [0.25, 0.3) is 0 Å². The third-order valence-corrected chi connectivity index (χ3v) is 3.99. The number of nitrogens with zero attached hydrogens (tertiary/aromatic N) is 2. The molecule has 0 radical (unpaired) electrons. The van der Waals surface area contributed by atoms with Crippen LogP contribution in [-0.2, 0) is 6.61 Å². The summed E-state index contributed by atoms with van der Waals surface area (Å²) in [7, 11) is 0. The lowest BCUT2D eigenvalue weighted by molar-refractivity contribution is 0.198. The van der Waals surface area contributed by atoms with Crippen LogP contribution in [0.5, 0.6) is 5.88 Å². The Labute approximate surface area is 140 Å². The first kappa shape index (κ1) is 15.7. The van der Waals surface area contributed by atoms with E-state index in [-0.39, 0.29) is 5.15 Å². The van der Waals surface area contributed by atoms with Gasteiger partial charge < -0.3 is 9.84 Å². The zero-order valence-corrected chi connectivity index (χ0v) is 13.3. The molecule has 0 amide bonds. The second kappa shape index (κ2) is 7.40. The number of ether oxygens (including phenoxy) is 1. The van der Waals surface area contributed by atoms with E-state index >= 15 is 0 Å². The average Bonchev–Trinajstić information content (AvgIpc) is 2.61. The number of aliphatic hydroxyl groups excluding tert-OH is 1. The molecule has 2 aromatic rings. The third kappa shape index (κ3) is 3.78. The molecule has 1 unspecified atom stereocenters. The van der Waals surface area contributed by atoms with E-state index in [0.29, 0.717) is 18.1 Å². The molecular weight excluding hydrogens is 312 g/mol. The second-order valence-electron chi connectivity index (χ2n) is 5.27. The number of halogens is 1. The van der Waals surface area contributed by atoms with Gasteiger partial charge in [-0.2, -0.15) is 0 Å². The van der Waals surface area contributed by atoms with Crippen LogP contribution in [0.25, 0.3) is 0 Å². The van der Waals surface area contributed by atoms with Gasteiger partial charge >= 0.3 is 0 Å². The Morgan fingerprint density at radius 1 is 1.22 bits per heavy atom. The van der Waals surface area contributed by atoms with Crippen LogP contribution in [0.1, 0.15) is 30.1 Å². The lowest BCUT2D eigenvalue weighted by atomic mass is 9.96. The van der Waals surface area contributed by atoms with Crippen molar-refractivity contribution in [1.29, 1.82) is 0 Å². The topological polar surface area (TPSA) is 55.2 Å². The Bertz CT molecular complexity index is 729. The highest BCUT2D eigenvalue weighted by Gasteiger charge is 2.23. The van der Waals surface area contributed by atoms with E-state index < -0.39 is 6.10 Å². The van der Waals surface area contributed by atoms with E-state index in [1.807, 2.05) is 42.5 Å². The van der Waals surface area contributed by atoms with Crippen LogP contribution in [0.2, 0.25) is 5.15 Å². The van der Waals surface area contributed by atoms with Crippen LogP contribution in [0.4, 0.5) is 0 Å². The van der Waals surface area contributed by atoms with Crippen LogP contribution in [0.3, 0.4) is 0 Å². The Morgan fingerprint density at radius 2 is 2.04 bits per heavy atom. The Balaban J connectivity index is 1.84. The van der Waals surface area contributed by atoms with Gasteiger partial charge in [-0.05, 0) is 24.0 Å². The first-order valence-electron chi connectivity index (χ1n) is 7.46. The maximum Gasteiger partial charge on any atom is 0.224 e. The van der Waals surface area contributed by atoms with Crippen molar-refractivity contribution in [2.45, 2.75) is 25.6 Å². The lowest BCUT2D eigenvalue weighted by Gasteiger charge is -2.19. The largest absolute Gasteiger partial charge is 0.472 e. The molecule has 0 fully saturated rings. The summed E-state index contributed by atoms with van der Waals surface area (Å²) in [6.07, 6.45) is 8.05. The standard InChI is InChI=1S/C18H17ClN2O2/c19-17-15(16(22)14-9-5-2-6-10-14)18(21-12-20-17)23-11-13-7-3-1-4-8-13/h1-5,7-9,12,16,22H,6,10-11H2. The maximum absolute atomic E-state index is 10.7. The molecule has 1 heterocycles. The van der Waals surface area contributed by atoms with Crippen molar-refractivity contribution < 1.29 is 9.84 Å². The highest BCUT2D eigenvalue weighted by atomic mass is 35.5. The van der Waals surface area contributed by atoms with Crippen LogP contribution in [-0.4, -0.2) is 15.1 Å². The quantitative estimate of drug-likeness (QED) is 0.842. The number of aromatic nitrogens is 2. The van der Waals surface area contributed by atoms with Gasteiger partial charge in [0.2, 0.25) is 5.88 Å². The molecule has 0 saturated heterocycles. The fourth-order valence-corrected chi connectivity index (χ4v) is 2.69. The maximum atomic E-state index is 10.7. The van der Waals surface area contributed by atoms with Crippen LogP contribution >= 0.6 is 11.6 Å². The Morgan fingerprint density at radius 3 is 2.78 bits per heavy atom. The molecule has 1 atom stereocenters. The molecule has 1 aromatic heterocycles. The minimum atomic E-state index is -0.862. The molecule has 0 bridgehead atoms. The molecule has 0 spiro atoms. The van der Waals surface area contributed by atoms with Crippen molar-refractivity contribution in [3.8, 4) is 5.88 Å². The van der Waals surface area contributed by atoms with Gasteiger partial charge in [-0.3, -0.25) is 0 Å². The summed E-state index contributed by atoms with van der Waals surface area (Å²) < 4.78 is 5.78. The van der Waals surface area contributed by atoms with E-state index in [9.17, 15) is 5.11 Å². The highest BCUT2D eigenvalue weighted by molar-refractivity contribution is 6.30. The third-order valence-electron chi connectivity index (χ3n) is 3.69. The normalized spacial score (nSPS) is 15.1. The molecule has 1 aromatic carbocycles. The van der Waals surface area contributed by atoms with Crippen molar-refractivity contribution in [1.82, 2.24) is 9.97 Å². The molecule has 0 aliphatic heterocycles. The summed E-state index contributed by atoms with van der Waals surface area (Å²) in [4.78, 5) is 8.13. The molecule has 1 N–H and O–H groups in total. The van der Waals surface area contributed by atoms with Crippen LogP contribution in [0.15, 0.2) is 60.5 Å². The van der Waals surface area contributed by atoms with E-state index in [1.165, 1.54) is 6.33 Å². The zero-order chi connectivity index (χ0) is 16.1. The zero-order valence-electron chi connectivity index (χ0n) is 12.5. The van der Waals surface area contributed by atoms with Crippen LogP contribution in [0, 0.1) is 0 Å². The van der Waals surface area contributed by atoms with Gasteiger partial charge in [-0.15, -0.1) is 0 Å². The molecule has 3 rings (SSSR count). The first-order chi connectivity index (χ1) is 11.3. The Kier molecular flexibility index (Phi) is 5.05. The van der Waals surface area contributed by atoms with Crippen molar-refractivity contribution >= 4 is 11.6 Å². The SMILES string of the molecule is OC(C1=CC=CCC1)c1c(Cl)ncnc1OCc1ccccc1. The molecule has 23 heavy (non-hydrogen) atoms. The van der Waals surface area contributed by atoms with Gasteiger partial charge in [0, 0.05) is 0 Å². The number of rotatable bonds is 5. The number of hydrogen-bond donors (Lipinski definition) is 1. The summed E-state index contributed by atoms with van der Waals surface area (Å²) in [6, 6.07) is 9.77. The molecule has 1 aliphatic carbocycles. The van der Waals surface area contributed by atoms with Gasteiger partial charge in [-0.25, -0.2) is 9.97 Å². The van der Waals surface area contributed by atoms with Gasteiger partial charge in [-0.1, -0.05) is 60.2 Å². The fraction of sp³-hybridized carbons (Fsp3) is 0.222. The second-order valence-corrected chi connectivity index (χ2v) is 5.63. The number of aliphatic hydroxyl groups is 1. The smallest absolute Gasteiger partial charge is 0.224 e. The molecule has 0 saturated carbocycles. The van der Waals surface area contributed by atoms with Crippen molar-refractivity contribution in [3.05, 3.63) is 76.7 Å². The predicted octanol–water partition coefficient (Wildman–Crippen LogP) is 4.02. The molecular formula is C18H17ClN2O2.